The molecule has 1 atom stereocenters. The zero-order valence-corrected chi connectivity index (χ0v) is 21.9. The van der Waals surface area contributed by atoms with Gasteiger partial charge in [0.2, 0.25) is 6.79 Å². The van der Waals surface area contributed by atoms with Crippen molar-refractivity contribution in [1.82, 2.24) is 24.4 Å². The number of imidazole rings is 1. The molecular formula is C24H19IN6O4S. The Morgan fingerprint density at radius 1 is 1.11 bits per heavy atom. The molecule has 2 aromatic heterocycles. The van der Waals surface area contributed by atoms with Crippen LogP contribution >= 0.6 is 34.4 Å². The van der Waals surface area contributed by atoms with Crippen molar-refractivity contribution in [3.63, 3.8) is 0 Å². The van der Waals surface area contributed by atoms with Crippen LogP contribution in [-0.4, -0.2) is 49.1 Å². The molecule has 0 fully saturated rings. The predicted octanol–water partition coefficient (Wildman–Crippen LogP) is 3.97. The summed E-state index contributed by atoms with van der Waals surface area (Å²) in [5.41, 5.74) is 8.08. The van der Waals surface area contributed by atoms with E-state index in [2.05, 4.69) is 32.6 Å². The van der Waals surface area contributed by atoms with Gasteiger partial charge in [0, 0.05) is 21.1 Å². The molecule has 0 radical (unpaired) electrons. The summed E-state index contributed by atoms with van der Waals surface area (Å²) in [7, 11) is 0. The Labute approximate surface area is 223 Å². The van der Waals surface area contributed by atoms with Gasteiger partial charge in [-0.2, -0.15) is 0 Å². The number of fused-ring (bicyclic) bond motifs is 3. The van der Waals surface area contributed by atoms with Crippen molar-refractivity contribution in [2.75, 3.05) is 12.5 Å². The van der Waals surface area contributed by atoms with E-state index in [1.165, 1.54) is 23.0 Å². The summed E-state index contributed by atoms with van der Waals surface area (Å²) >= 11 is 3.71. The number of carbonyl (C=O) groups excluding carboxylic acids is 2. The summed E-state index contributed by atoms with van der Waals surface area (Å²) in [6, 6.07) is 10.4. The van der Waals surface area contributed by atoms with Gasteiger partial charge in [-0.1, -0.05) is 23.9 Å². The number of halogens is 1. The maximum absolute atomic E-state index is 12.9. The van der Waals surface area contributed by atoms with Gasteiger partial charge in [0.25, 0.3) is 11.8 Å². The first-order valence-corrected chi connectivity index (χ1v) is 13.0. The van der Waals surface area contributed by atoms with E-state index in [-0.39, 0.29) is 30.5 Å². The molecule has 0 spiro atoms. The molecule has 0 saturated carbocycles. The van der Waals surface area contributed by atoms with E-state index in [0.29, 0.717) is 51.9 Å². The summed E-state index contributed by atoms with van der Waals surface area (Å²) in [6.45, 7) is 2.53. The van der Waals surface area contributed by atoms with Crippen LogP contribution in [-0.2, 0) is 6.54 Å². The van der Waals surface area contributed by atoms with Crippen LogP contribution in [0.15, 0.2) is 52.8 Å². The highest BCUT2D eigenvalue weighted by molar-refractivity contribution is 14.1. The second-order valence-electron chi connectivity index (χ2n) is 8.38. The number of hydrogen-bond acceptors (Lipinski definition) is 9. The number of nitrogens with zero attached hydrogens (tertiary/aromatic N) is 5. The minimum Gasteiger partial charge on any atom is -0.454 e. The summed E-state index contributed by atoms with van der Waals surface area (Å²) < 4.78 is 14.0. The highest BCUT2D eigenvalue weighted by Gasteiger charge is 2.38. The zero-order valence-electron chi connectivity index (χ0n) is 19.0. The number of carbonyl (C=O) groups is 2. The number of benzene rings is 2. The predicted molar refractivity (Wildman–Crippen MR) is 140 cm³/mol. The van der Waals surface area contributed by atoms with Gasteiger partial charge >= 0.3 is 0 Å². The number of rotatable bonds is 6. The van der Waals surface area contributed by atoms with Gasteiger partial charge in [-0.25, -0.2) is 15.0 Å². The summed E-state index contributed by atoms with van der Waals surface area (Å²) in [5.74, 6) is 1.14. The van der Waals surface area contributed by atoms with Crippen LogP contribution < -0.4 is 15.2 Å². The molecule has 2 N–H and O–H groups in total. The third kappa shape index (κ3) is 3.75. The molecule has 182 valence electrons. The van der Waals surface area contributed by atoms with Crippen molar-refractivity contribution in [1.29, 1.82) is 0 Å². The fourth-order valence-corrected chi connectivity index (χ4v) is 6.05. The lowest BCUT2D eigenvalue weighted by Gasteiger charge is -2.23. The molecule has 1 unspecified atom stereocenters. The van der Waals surface area contributed by atoms with E-state index >= 15 is 0 Å². The highest BCUT2D eigenvalue weighted by Crippen LogP contribution is 2.41. The van der Waals surface area contributed by atoms with Gasteiger partial charge < -0.3 is 19.8 Å². The number of ether oxygens (including phenoxy) is 2. The van der Waals surface area contributed by atoms with E-state index in [1.54, 1.807) is 24.3 Å². The van der Waals surface area contributed by atoms with Gasteiger partial charge in [0.15, 0.2) is 33.6 Å². The number of nitrogen functional groups attached to an aromatic ring is 1. The monoisotopic (exact) mass is 614 g/mol. The summed E-state index contributed by atoms with van der Waals surface area (Å²) in [6.07, 6.45) is 1.91. The maximum atomic E-state index is 12.9. The third-order valence-electron chi connectivity index (χ3n) is 6.19. The van der Waals surface area contributed by atoms with Crippen LogP contribution in [0.2, 0.25) is 0 Å². The van der Waals surface area contributed by atoms with Crippen LogP contribution in [0.4, 0.5) is 5.82 Å². The van der Waals surface area contributed by atoms with Crippen molar-refractivity contribution in [3.05, 3.63) is 57.4 Å². The third-order valence-corrected chi connectivity index (χ3v) is 8.50. The second-order valence-corrected chi connectivity index (χ2v) is 10.5. The fourth-order valence-electron chi connectivity index (χ4n) is 4.34. The topological polar surface area (TPSA) is 125 Å². The van der Waals surface area contributed by atoms with Crippen molar-refractivity contribution < 1.29 is 19.1 Å². The molecule has 2 aliphatic rings. The van der Waals surface area contributed by atoms with E-state index in [4.69, 9.17) is 20.2 Å². The molecular weight excluding hydrogens is 595 g/mol. The van der Waals surface area contributed by atoms with Gasteiger partial charge in [-0.05, 0) is 60.2 Å². The molecule has 4 aromatic rings. The first-order chi connectivity index (χ1) is 17.4. The fraction of sp³-hybridized carbons (Fsp3) is 0.208. The minimum absolute atomic E-state index is 0.194. The van der Waals surface area contributed by atoms with Crippen LogP contribution in [0, 0.1) is 3.57 Å². The molecule has 0 aliphatic carbocycles. The van der Waals surface area contributed by atoms with Crippen LogP contribution in [0.25, 0.3) is 11.2 Å². The van der Waals surface area contributed by atoms with Crippen LogP contribution in [0.3, 0.4) is 0 Å². The lowest BCUT2D eigenvalue weighted by Crippen LogP contribution is -2.38. The number of anilines is 1. The Bertz CT molecular complexity index is 1520. The molecule has 0 saturated heterocycles. The SMILES string of the molecule is CC(CCn1c(Sc2cc3c(cc2I)OCO3)nc2c(N)ncnc21)N1C(=O)c2ccccc2C1=O. The zero-order chi connectivity index (χ0) is 25.0. The molecule has 10 nitrogen and oxygen atoms in total. The van der Waals surface area contributed by atoms with Crippen molar-refractivity contribution >= 4 is 63.1 Å². The molecule has 2 aromatic carbocycles. The Morgan fingerprint density at radius 3 is 2.53 bits per heavy atom. The normalized spacial score (nSPS) is 15.1. The highest BCUT2D eigenvalue weighted by atomic mass is 127. The number of hydrogen-bond donors (Lipinski definition) is 1. The smallest absolute Gasteiger partial charge is 0.261 e. The number of aryl methyl sites for hydroxylation is 1. The molecule has 36 heavy (non-hydrogen) atoms. The maximum Gasteiger partial charge on any atom is 0.261 e. The number of amides is 2. The van der Waals surface area contributed by atoms with Crippen LogP contribution in [0.1, 0.15) is 34.1 Å². The van der Waals surface area contributed by atoms with Gasteiger partial charge in [0.05, 0.1) is 11.1 Å². The van der Waals surface area contributed by atoms with Crippen molar-refractivity contribution in [2.45, 2.75) is 36.0 Å². The molecule has 0 bridgehead atoms. The first-order valence-electron chi connectivity index (χ1n) is 11.1. The largest absolute Gasteiger partial charge is 0.454 e. The Balaban J connectivity index is 1.30. The lowest BCUT2D eigenvalue weighted by molar-refractivity contribution is 0.0586. The van der Waals surface area contributed by atoms with Gasteiger partial charge in [-0.15, -0.1) is 0 Å². The molecule has 2 aliphatic heterocycles. The Morgan fingerprint density at radius 2 is 1.81 bits per heavy atom. The standard InChI is InChI=1S/C24H19IN6O4S/c1-12(31-22(32)13-4-2-3-5-14(13)23(31)33)6-7-30-21-19(20(26)27-10-28-21)29-24(30)36-18-9-17-16(8-15(18)25)34-11-35-17/h2-5,8-10,12H,6-7,11H2,1H3,(H2,26,27,28). The Hall–Kier alpha value is -3.39. The van der Waals surface area contributed by atoms with Gasteiger partial charge in [-0.3, -0.25) is 14.5 Å². The van der Waals surface area contributed by atoms with Gasteiger partial charge in [0.1, 0.15) is 6.33 Å². The number of nitrogens with two attached hydrogens (primary N) is 1. The van der Waals surface area contributed by atoms with E-state index in [9.17, 15) is 9.59 Å². The van der Waals surface area contributed by atoms with E-state index in [1.807, 2.05) is 23.6 Å². The number of aromatic nitrogens is 4. The van der Waals surface area contributed by atoms with E-state index < -0.39 is 0 Å². The van der Waals surface area contributed by atoms with E-state index in [0.717, 1.165) is 8.47 Å². The molecule has 4 heterocycles. The average Bonchev–Trinajstić information content (AvgIpc) is 3.53. The molecule has 12 heteroatoms. The van der Waals surface area contributed by atoms with Crippen LogP contribution in [0.5, 0.6) is 11.5 Å². The first kappa shape index (κ1) is 23.0. The summed E-state index contributed by atoms with van der Waals surface area (Å²) in [4.78, 5) is 41.4. The minimum atomic E-state index is -0.336. The Kier molecular flexibility index (Phi) is 5.71. The molecule has 2 amide bonds. The average molecular weight is 614 g/mol. The number of imide groups is 1. The lowest BCUT2D eigenvalue weighted by atomic mass is 10.1. The quantitative estimate of drug-likeness (QED) is 0.254. The van der Waals surface area contributed by atoms with Crippen molar-refractivity contribution in [3.8, 4) is 11.5 Å². The second kappa shape index (κ2) is 8.92. The van der Waals surface area contributed by atoms with Crippen molar-refractivity contribution in [2.24, 2.45) is 0 Å². The summed E-state index contributed by atoms with van der Waals surface area (Å²) in [5, 5.41) is 0.670. The molecule has 6 rings (SSSR count).